The third-order valence-corrected chi connectivity index (χ3v) is 7.82. The summed E-state index contributed by atoms with van der Waals surface area (Å²) >= 11 is 3.20. The number of aromatic nitrogens is 5. The van der Waals surface area contributed by atoms with Gasteiger partial charge in [0.2, 0.25) is 17.0 Å². The predicted octanol–water partition coefficient (Wildman–Crippen LogP) is 1.24. The zero-order valence-electron chi connectivity index (χ0n) is 17.2. The molecule has 11 heteroatoms. The maximum Gasteiger partial charge on any atom is 0.244 e. The Bertz CT molecular complexity index is 977. The maximum atomic E-state index is 12.6. The van der Waals surface area contributed by atoms with Gasteiger partial charge in [-0.15, -0.1) is 16.9 Å². The van der Waals surface area contributed by atoms with E-state index in [1.165, 1.54) is 11.8 Å². The van der Waals surface area contributed by atoms with E-state index in [9.17, 15) is 9.59 Å². The van der Waals surface area contributed by atoms with Gasteiger partial charge in [-0.05, 0) is 31.6 Å². The average Bonchev–Trinajstić information content (AvgIpc) is 3.38. The zero-order valence-corrected chi connectivity index (χ0v) is 18.8. The van der Waals surface area contributed by atoms with Crippen molar-refractivity contribution in [2.45, 2.75) is 36.2 Å². The number of nitrogens with one attached hydrogen (secondary N) is 2. The highest BCUT2D eigenvalue weighted by atomic mass is 32.2. The van der Waals surface area contributed by atoms with Crippen molar-refractivity contribution in [1.29, 1.82) is 0 Å². The number of carbonyl (C=O) groups excluding carboxylic acids is 2. The number of rotatable bonds is 6. The highest BCUT2D eigenvalue weighted by Gasteiger charge is 2.54. The molecule has 0 bridgehead atoms. The van der Waals surface area contributed by atoms with E-state index in [1.54, 1.807) is 17.0 Å². The van der Waals surface area contributed by atoms with E-state index in [2.05, 4.69) is 25.6 Å². The lowest BCUT2D eigenvalue weighted by atomic mass is 9.89. The smallest absolute Gasteiger partial charge is 0.244 e. The first-order valence-corrected chi connectivity index (χ1v) is 11.7. The maximum absolute atomic E-state index is 12.6. The van der Waals surface area contributed by atoms with Crippen molar-refractivity contribution in [2.75, 3.05) is 24.6 Å². The number of aromatic amines is 1. The minimum atomic E-state index is -0.0939. The lowest BCUT2D eigenvalue weighted by Gasteiger charge is -2.50. The van der Waals surface area contributed by atoms with Crippen LogP contribution in [0.5, 0.6) is 0 Å². The molecule has 2 aromatic heterocycles. The van der Waals surface area contributed by atoms with Crippen LogP contribution in [0, 0.1) is 6.92 Å². The Kier molecular flexibility index (Phi) is 5.92. The fourth-order valence-corrected chi connectivity index (χ4v) is 6.14. The average molecular weight is 448 g/mol. The molecule has 2 aliphatic heterocycles. The number of allylic oxidation sites excluding steroid dienone is 1. The molecule has 0 aromatic carbocycles. The first-order valence-electron chi connectivity index (χ1n) is 9.76. The summed E-state index contributed by atoms with van der Waals surface area (Å²) in [6, 6.07) is 0.0697. The van der Waals surface area contributed by atoms with Crippen LogP contribution in [0.1, 0.15) is 24.7 Å². The fourth-order valence-electron chi connectivity index (χ4n) is 3.76. The fraction of sp³-hybridized carbons (Fsp3) is 0.526. The van der Waals surface area contributed by atoms with Crippen LogP contribution in [-0.2, 0) is 16.6 Å². The van der Waals surface area contributed by atoms with Gasteiger partial charge in [0.15, 0.2) is 0 Å². The minimum Gasteiger partial charge on any atom is -0.348 e. The van der Waals surface area contributed by atoms with Crippen molar-refractivity contribution >= 4 is 40.9 Å². The summed E-state index contributed by atoms with van der Waals surface area (Å²) in [5.74, 6) is 2.04. The SMILES string of the molecule is C/C(=C/C(=O)NC1CCSC12CN(C(=O)CSc1n[nH]c(C)n1)C2)c1cnn(C)c1. The second kappa shape index (κ2) is 8.46. The molecule has 0 saturated carbocycles. The first-order chi connectivity index (χ1) is 14.3. The van der Waals surface area contributed by atoms with Crippen molar-refractivity contribution in [2.24, 2.45) is 7.05 Å². The van der Waals surface area contributed by atoms with Gasteiger partial charge in [-0.1, -0.05) is 11.8 Å². The van der Waals surface area contributed by atoms with Crippen molar-refractivity contribution in [3.63, 3.8) is 0 Å². The van der Waals surface area contributed by atoms with E-state index in [1.807, 2.05) is 43.8 Å². The number of likely N-dealkylation sites (tertiary alicyclic amines) is 1. The van der Waals surface area contributed by atoms with Crippen LogP contribution < -0.4 is 5.32 Å². The lowest BCUT2D eigenvalue weighted by molar-refractivity contribution is -0.133. The third kappa shape index (κ3) is 4.41. The quantitative estimate of drug-likeness (QED) is 0.507. The van der Waals surface area contributed by atoms with Gasteiger partial charge in [0.05, 0.1) is 16.7 Å². The largest absolute Gasteiger partial charge is 0.348 e. The van der Waals surface area contributed by atoms with Crippen LogP contribution >= 0.6 is 23.5 Å². The van der Waals surface area contributed by atoms with E-state index in [-0.39, 0.29) is 22.6 Å². The molecule has 2 saturated heterocycles. The summed E-state index contributed by atoms with van der Waals surface area (Å²) in [6.07, 6.45) is 6.19. The Morgan fingerprint density at radius 2 is 2.27 bits per heavy atom. The molecule has 2 aromatic rings. The molecule has 0 radical (unpaired) electrons. The highest BCUT2D eigenvalue weighted by Crippen LogP contribution is 2.45. The molecule has 2 fully saturated rings. The molecule has 0 aliphatic carbocycles. The van der Waals surface area contributed by atoms with Gasteiger partial charge in [-0.2, -0.15) is 5.10 Å². The molecule has 4 rings (SSSR count). The van der Waals surface area contributed by atoms with Crippen molar-refractivity contribution < 1.29 is 9.59 Å². The van der Waals surface area contributed by atoms with E-state index in [4.69, 9.17) is 0 Å². The van der Waals surface area contributed by atoms with Crippen molar-refractivity contribution in [1.82, 2.24) is 35.2 Å². The first kappa shape index (κ1) is 21.0. The molecule has 2 aliphatic rings. The molecule has 4 heterocycles. The summed E-state index contributed by atoms with van der Waals surface area (Å²) in [7, 11) is 1.85. The van der Waals surface area contributed by atoms with Crippen LogP contribution in [0.15, 0.2) is 23.6 Å². The van der Waals surface area contributed by atoms with Crippen molar-refractivity contribution in [3.05, 3.63) is 29.9 Å². The molecular formula is C19H25N7O2S2. The van der Waals surface area contributed by atoms with Gasteiger partial charge in [-0.25, -0.2) is 4.98 Å². The Balaban J connectivity index is 1.29. The van der Waals surface area contributed by atoms with Gasteiger partial charge in [0.25, 0.3) is 0 Å². The minimum absolute atomic E-state index is 0.0697. The second-order valence-electron chi connectivity index (χ2n) is 7.73. The summed E-state index contributed by atoms with van der Waals surface area (Å²) in [5.41, 5.74) is 1.81. The van der Waals surface area contributed by atoms with Gasteiger partial charge in [0, 0.05) is 44.0 Å². The van der Waals surface area contributed by atoms with Crippen molar-refractivity contribution in [3.8, 4) is 0 Å². The lowest BCUT2D eigenvalue weighted by Crippen LogP contribution is -2.68. The van der Waals surface area contributed by atoms with Crippen LogP contribution in [0.4, 0.5) is 0 Å². The number of H-pyrrole nitrogens is 1. The van der Waals surface area contributed by atoms with E-state index < -0.39 is 0 Å². The summed E-state index contributed by atoms with van der Waals surface area (Å²) in [5, 5.41) is 14.7. The normalized spacial score (nSPS) is 20.4. The topological polar surface area (TPSA) is 109 Å². The van der Waals surface area contributed by atoms with Crippen LogP contribution in [0.2, 0.25) is 0 Å². The highest BCUT2D eigenvalue weighted by molar-refractivity contribution is 8.01. The Morgan fingerprint density at radius 1 is 1.47 bits per heavy atom. The second-order valence-corrected chi connectivity index (χ2v) is 10.2. The van der Waals surface area contributed by atoms with Gasteiger partial charge in [0.1, 0.15) is 5.82 Å². The number of hydrogen-bond donors (Lipinski definition) is 2. The molecule has 2 amide bonds. The summed E-state index contributed by atoms with van der Waals surface area (Å²) < 4.78 is 1.64. The monoisotopic (exact) mass is 447 g/mol. The van der Waals surface area contributed by atoms with Crippen LogP contribution in [-0.4, -0.2) is 77.1 Å². The zero-order chi connectivity index (χ0) is 21.3. The molecule has 160 valence electrons. The van der Waals surface area contributed by atoms with Gasteiger partial charge >= 0.3 is 0 Å². The number of amides is 2. The molecule has 2 N–H and O–H groups in total. The Hall–Kier alpha value is -2.27. The van der Waals surface area contributed by atoms with E-state index >= 15 is 0 Å². The predicted molar refractivity (Wildman–Crippen MR) is 117 cm³/mol. The number of nitrogens with zero attached hydrogens (tertiary/aromatic N) is 5. The van der Waals surface area contributed by atoms with Crippen LogP contribution in [0.25, 0.3) is 5.57 Å². The van der Waals surface area contributed by atoms with E-state index in [0.717, 1.165) is 29.1 Å². The third-order valence-electron chi connectivity index (χ3n) is 5.43. The summed E-state index contributed by atoms with van der Waals surface area (Å²) in [4.78, 5) is 31.1. The molecular weight excluding hydrogens is 422 g/mol. The molecule has 1 spiro atoms. The number of thioether (sulfide) groups is 2. The van der Waals surface area contributed by atoms with E-state index in [0.29, 0.717) is 24.0 Å². The van der Waals surface area contributed by atoms with Gasteiger partial charge < -0.3 is 10.2 Å². The Morgan fingerprint density at radius 3 is 2.93 bits per heavy atom. The molecule has 30 heavy (non-hydrogen) atoms. The number of carbonyl (C=O) groups is 2. The van der Waals surface area contributed by atoms with Gasteiger partial charge in [-0.3, -0.25) is 19.4 Å². The molecule has 1 atom stereocenters. The summed E-state index contributed by atoms with van der Waals surface area (Å²) in [6.45, 7) is 5.07. The molecule has 9 nitrogen and oxygen atoms in total. The number of hydrogen-bond acceptors (Lipinski definition) is 7. The standard InChI is InChI=1S/C19H25N7O2S2/c1-12(14-7-20-25(3)8-14)6-16(27)22-15-4-5-30-19(15)10-26(11-19)17(28)9-29-18-21-13(2)23-24-18/h6-8,15H,4-5,9-11H2,1-3H3,(H,22,27)(H,21,23,24)/b12-6-. The van der Waals surface area contributed by atoms with Crippen LogP contribution in [0.3, 0.4) is 0 Å². The number of aryl methyl sites for hydroxylation is 2. The molecule has 1 unspecified atom stereocenters. The Labute approximate surface area is 183 Å².